The molecule has 0 rings (SSSR count). The van der Waals surface area contributed by atoms with Crippen molar-refractivity contribution >= 4 is 6.79 Å². The topological polar surface area (TPSA) is 37.0 Å². The van der Waals surface area contributed by atoms with E-state index in [1.807, 2.05) is 6.79 Å². The average molecular weight is 58.0 g/mol. The minimum absolute atomic E-state index is 2.00. The van der Waals surface area contributed by atoms with Gasteiger partial charge in [0.15, 0.2) is 0 Å². The van der Waals surface area contributed by atoms with Gasteiger partial charge in [-0.3, -0.25) is 0 Å². The Morgan fingerprint density at radius 3 is 1.50 bits per heavy atom. The second-order valence-corrected chi connectivity index (χ2v) is 0. The van der Waals surface area contributed by atoms with Crippen molar-refractivity contribution in [1.29, 1.82) is 0 Å². The molecule has 0 saturated heterocycles. The van der Waals surface area contributed by atoms with Crippen molar-refractivity contribution in [1.82, 2.24) is 0 Å². The second kappa shape index (κ2) is 13.8. The molecule has 0 radical (unpaired) electrons. The number of hydrogen-bond acceptors (Lipinski definition) is 1. The van der Waals surface area contributed by atoms with Crippen LogP contribution < -0.4 is 0 Å². The van der Waals surface area contributed by atoms with Gasteiger partial charge in [-0.15, -0.1) is 0 Å². The van der Waals surface area contributed by atoms with Crippen LogP contribution in [0.3, 0.4) is 0 Å². The van der Waals surface area contributed by atoms with Gasteiger partial charge in [0, 0.05) is 0 Å². The minimum atomic E-state index is 2.00. The van der Waals surface area contributed by atoms with Crippen LogP contribution in [0.4, 0.5) is 0 Å². The predicted molar refractivity (Wildman–Crippen MR) is 11.1 cm³/mol. The molecule has 0 aromatic heterocycles. The molecule has 0 amide bonds. The number of hydrogen-bond donors (Lipinski definition) is 0. The summed E-state index contributed by atoms with van der Waals surface area (Å²) < 4.78 is 7.50. The summed E-state index contributed by atoms with van der Waals surface area (Å²) in [4.78, 5) is 8.00. The van der Waals surface area contributed by atoms with E-state index < -0.39 is 0 Å². The molecule has 0 aliphatic carbocycles. The van der Waals surface area contributed by atoms with E-state index in [0.29, 0.717) is 0 Å². The Bertz CT molecular complexity index is 15.2. The molecule has 0 saturated carbocycles. The molecule has 0 bridgehead atoms. The summed E-state index contributed by atoms with van der Waals surface area (Å²) in [6, 6.07) is 0. The summed E-state index contributed by atoms with van der Waals surface area (Å²) in [6.45, 7) is 6.50. The van der Waals surface area contributed by atoms with E-state index in [1.165, 1.54) is 0 Å². The standard InChI is InChI=1S/CH2O.CO/c2*1-2/h1H2;. The monoisotopic (exact) mass is 58.0 g/mol. The Morgan fingerprint density at radius 1 is 1.50 bits per heavy atom. The zero-order chi connectivity index (χ0) is 4.00. The van der Waals surface area contributed by atoms with Crippen LogP contribution in [0.15, 0.2) is 0 Å². The molecule has 0 aliphatic heterocycles. The van der Waals surface area contributed by atoms with Crippen LogP contribution >= 0.6 is 0 Å². The summed E-state index contributed by atoms with van der Waals surface area (Å²) in [5.41, 5.74) is 0. The van der Waals surface area contributed by atoms with Crippen LogP contribution in [0.2, 0.25) is 0 Å². The Hall–Kier alpha value is -0.590. The van der Waals surface area contributed by atoms with E-state index in [0.717, 1.165) is 0 Å². The van der Waals surface area contributed by atoms with Gasteiger partial charge in [0.25, 0.3) is 0 Å². The van der Waals surface area contributed by atoms with Crippen LogP contribution in [0, 0.1) is 6.65 Å². The second-order valence-electron chi connectivity index (χ2n) is 0. The Kier molecular flexibility index (Phi) is 34.3. The Balaban J connectivity index is 0. The SMILES string of the molecule is C=O.[C-]#[O+]. The number of carbonyl (C=O) groups is 1. The Labute approximate surface area is 24.2 Å². The van der Waals surface area contributed by atoms with Gasteiger partial charge in [0.05, 0.1) is 0 Å². The van der Waals surface area contributed by atoms with Crippen molar-refractivity contribution in [3.63, 3.8) is 0 Å². The van der Waals surface area contributed by atoms with Crippen LogP contribution in [-0.4, -0.2) is 6.79 Å². The fraction of sp³-hybridized carbons (Fsp3) is 0. The summed E-state index contributed by atoms with van der Waals surface area (Å²) in [5.74, 6) is 0. The first-order valence-electron chi connectivity index (χ1n) is 0.493. The molecule has 0 aromatic carbocycles. The molecule has 2 nitrogen and oxygen atoms in total. The van der Waals surface area contributed by atoms with E-state index in [9.17, 15) is 0 Å². The molecule has 0 aliphatic rings. The van der Waals surface area contributed by atoms with E-state index in [2.05, 4.69) is 6.65 Å². The van der Waals surface area contributed by atoms with Gasteiger partial charge >= 0.3 is 11.3 Å². The molecule has 0 unspecified atom stereocenters. The van der Waals surface area contributed by atoms with Crippen LogP contribution in [0.25, 0.3) is 0 Å². The molecular weight excluding hydrogens is 56.0 g/mol. The van der Waals surface area contributed by atoms with Crippen molar-refractivity contribution in [3.8, 4) is 0 Å². The fourth-order valence-corrected chi connectivity index (χ4v) is 0. The van der Waals surface area contributed by atoms with Crippen molar-refractivity contribution in [3.05, 3.63) is 6.65 Å². The molecule has 0 atom stereocenters. The first kappa shape index (κ1) is 9.96. The molecular formula is C2H2O2. The van der Waals surface area contributed by atoms with Gasteiger partial charge in [-0.1, -0.05) is 0 Å². The van der Waals surface area contributed by atoms with E-state index in [1.54, 1.807) is 0 Å². The summed E-state index contributed by atoms with van der Waals surface area (Å²) in [5, 5.41) is 0. The molecule has 0 aromatic rings. The number of rotatable bonds is 0. The molecule has 0 fully saturated rings. The zero-order valence-corrected chi connectivity index (χ0v) is 2.02. The third kappa shape index (κ3) is 0.681. The summed E-state index contributed by atoms with van der Waals surface area (Å²) in [7, 11) is 0. The molecule has 0 spiro atoms. The van der Waals surface area contributed by atoms with E-state index in [-0.39, 0.29) is 0 Å². The summed E-state index contributed by atoms with van der Waals surface area (Å²) in [6.07, 6.45) is 0. The van der Waals surface area contributed by atoms with Crippen LogP contribution in [0.5, 0.6) is 0 Å². The van der Waals surface area contributed by atoms with Crippen LogP contribution in [0.1, 0.15) is 0 Å². The fourth-order valence-electron chi connectivity index (χ4n) is 0. The van der Waals surface area contributed by atoms with Crippen molar-refractivity contribution in [2.75, 3.05) is 0 Å². The number of carbonyl (C=O) groups excluding carboxylic acids is 1. The third-order valence-electron chi connectivity index (χ3n) is 0. The Morgan fingerprint density at radius 2 is 1.50 bits per heavy atom. The molecule has 4 heavy (non-hydrogen) atoms. The maximum absolute atomic E-state index is 8.00. The maximum atomic E-state index is 8.00. The first-order valence-corrected chi connectivity index (χ1v) is 0.493. The van der Waals surface area contributed by atoms with E-state index in [4.69, 9.17) is 9.45 Å². The zero-order valence-electron chi connectivity index (χ0n) is 2.02. The van der Waals surface area contributed by atoms with Gasteiger partial charge < -0.3 is 4.79 Å². The van der Waals surface area contributed by atoms with Gasteiger partial charge in [0.2, 0.25) is 0 Å². The van der Waals surface area contributed by atoms with Gasteiger partial charge in [-0.2, -0.15) is 0 Å². The molecule has 22 valence electrons. The quantitative estimate of drug-likeness (QED) is 0.280. The predicted octanol–water partition coefficient (Wildman–Crippen LogP) is -0.222. The molecule has 0 N–H and O–H groups in total. The first-order chi connectivity index (χ1) is 2.00. The van der Waals surface area contributed by atoms with Crippen LogP contribution in [-0.2, 0) is 9.45 Å². The molecule has 0 heterocycles. The molecule has 2 heteroatoms. The van der Waals surface area contributed by atoms with E-state index >= 15 is 0 Å². The normalized spacial score (nSPS) is 1.50. The van der Waals surface area contributed by atoms with Crippen molar-refractivity contribution in [2.45, 2.75) is 0 Å². The van der Waals surface area contributed by atoms with Crippen molar-refractivity contribution < 1.29 is 9.45 Å². The third-order valence-corrected chi connectivity index (χ3v) is 0. The summed E-state index contributed by atoms with van der Waals surface area (Å²) >= 11 is 0. The van der Waals surface area contributed by atoms with Gasteiger partial charge in [0.1, 0.15) is 6.79 Å². The average Bonchev–Trinajstić information content (AvgIpc) is 1.50. The van der Waals surface area contributed by atoms with Crippen molar-refractivity contribution in [2.24, 2.45) is 0 Å². The van der Waals surface area contributed by atoms with Gasteiger partial charge in [-0.05, 0) is 0 Å². The van der Waals surface area contributed by atoms with Gasteiger partial charge in [-0.25, -0.2) is 0 Å².